The van der Waals surface area contributed by atoms with Crippen molar-refractivity contribution in [3.8, 4) is 91.1 Å². The molecule has 0 bridgehead atoms. The first-order chi connectivity index (χ1) is 35.6. The monoisotopic (exact) mass is 917 g/mol. The number of benzene rings is 10. The van der Waals surface area contributed by atoms with E-state index in [2.05, 4.69) is 173 Å². The Bertz CT molecular complexity index is 4350. The molecule has 0 aliphatic heterocycles. The van der Waals surface area contributed by atoms with Gasteiger partial charge in [0.1, 0.15) is 0 Å². The Hall–Kier alpha value is -10.2. The summed E-state index contributed by atoms with van der Waals surface area (Å²) in [6, 6.07) is 85.6. The molecule has 0 aliphatic carbocycles. The Morgan fingerprint density at radius 2 is 0.722 bits per heavy atom. The van der Waals surface area contributed by atoms with E-state index in [1.54, 1.807) is 0 Å². The van der Waals surface area contributed by atoms with Gasteiger partial charge in [-0.1, -0.05) is 158 Å². The van der Waals surface area contributed by atoms with Gasteiger partial charge in [-0.05, 0) is 112 Å². The number of rotatable bonds is 8. The zero-order valence-corrected chi connectivity index (χ0v) is 38.6. The highest BCUT2D eigenvalue weighted by Gasteiger charge is 2.24. The van der Waals surface area contributed by atoms with E-state index in [-0.39, 0.29) is 0 Å². The molecule has 10 aromatic carbocycles. The Balaban J connectivity index is 1.09. The molecule has 3 aromatic heterocycles. The maximum atomic E-state index is 10.5. The van der Waals surface area contributed by atoms with Crippen LogP contribution in [0, 0.1) is 22.7 Å². The highest BCUT2D eigenvalue weighted by molar-refractivity contribution is 6.12. The molecule has 334 valence electrons. The van der Waals surface area contributed by atoms with Gasteiger partial charge in [0.25, 0.3) is 0 Å². The highest BCUT2D eigenvalue weighted by Crippen LogP contribution is 2.42. The average Bonchev–Trinajstić information content (AvgIpc) is 3.97. The predicted molar refractivity (Wildman–Crippen MR) is 291 cm³/mol. The van der Waals surface area contributed by atoms with Crippen LogP contribution in [0.3, 0.4) is 0 Å². The molecular formula is C65H39N7. The van der Waals surface area contributed by atoms with Crippen LogP contribution in [0.25, 0.3) is 123 Å². The van der Waals surface area contributed by atoms with Gasteiger partial charge in [-0.3, -0.25) is 0 Å². The maximum Gasteiger partial charge on any atom is 0.166 e. The van der Waals surface area contributed by atoms with E-state index in [4.69, 9.17) is 15.0 Å². The van der Waals surface area contributed by atoms with Gasteiger partial charge < -0.3 is 9.13 Å². The highest BCUT2D eigenvalue weighted by atomic mass is 15.1. The van der Waals surface area contributed by atoms with Crippen molar-refractivity contribution in [1.82, 2.24) is 24.1 Å². The maximum absolute atomic E-state index is 10.5. The Morgan fingerprint density at radius 3 is 1.32 bits per heavy atom. The largest absolute Gasteiger partial charge is 0.309 e. The van der Waals surface area contributed by atoms with Crippen molar-refractivity contribution in [2.24, 2.45) is 0 Å². The lowest BCUT2D eigenvalue weighted by atomic mass is 9.99. The van der Waals surface area contributed by atoms with Crippen molar-refractivity contribution in [2.45, 2.75) is 0 Å². The molecule has 0 aliphatic rings. The minimum absolute atomic E-state index is 0.447. The number of fused-ring (bicyclic) bond motifs is 6. The van der Waals surface area contributed by atoms with Gasteiger partial charge in [-0.15, -0.1) is 0 Å². The number of nitrogens with zero attached hydrogens (tertiary/aromatic N) is 7. The summed E-state index contributed by atoms with van der Waals surface area (Å²) < 4.78 is 4.54. The molecule has 3 heterocycles. The Kier molecular flexibility index (Phi) is 10.1. The first kappa shape index (κ1) is 41.9. The van der Waals surface area contributed by atoms with Crippen LogP contribution in [0.5, 0.6) is 0 Å². The third-order valence-corrected chi connectivity index (χ3v) is 13.6. The molecule has 0 unspecified atom stereocenters. The van der Waals surface area contributed by atoms with Crippen LogP contribution in [0.2, 0.25) is 0 Å². The van der Waals surface area contributed by atoms with Crippen LogP contribution < -0.4 is 0 Å². The SMILES string of the molecule is N#Cc1cccc(-c2ccc(-n3c4ccccc4c4cc(-c5ccccc5)ccc43)c(-c3nc(-c4ccccc4)nc(-c4ccc(C#N)cc4-n4c5ccccc5c5cc(-c6ccccc6)ccc54)n3)c2)c1. The van der Waals surface area contributed by atoms with E-state index < -0.39 is 0 Å². The first-order valence-corrected chi connectivity index (χ1v) is 23.8. The lowest BCUT2D eigenvalue weighted by molar-refractivity contribution is 1.06. The topological polar surface area (TPSA) is 96.1 Å². The molecule has 0 atom stereocenters. The van der Waals surface area contributed by atoms with Gasteiger partial charge in [-0.2, -0.15) is 10.5 Å². The van der Waals surface area contributed by atoms with Crippen LogP contribution in [0.4, 0.5) is 0 Å². The number of hydrogen-bond acceptors (Lipinski definition) is 5. The third-order valence-electron chi connectivity index (χ3n) is 13.6. The second kappa shape index (κ2) is 17.4. The minimum Gasteiger partial charge on any atom is -0.309 e. The fourth-order valence-electron chi connectivity index (χ4n) is 10.3. The first-order valence-electron chi connectivity index (χ1n) is 23.8. The molecule has 0 spiro atoms. The summed E-state index contributed by atoms with van der Waals surface area (Å²) in [5.41, 5.74) is 15.4. The van der Waals surface area contributed by atoms with Crippen molar-refractivity contribution in [2.75, 3.05) is 0 Å². The zero-order chi connectivity index (χ0) is 48.1. The number of hydrogen-bond donors (Lipinski definition) is 0. The normalized spacial score (nSPS) is 11.3. The molecule has 0 saturated heterocycles. The van der Waals surface area contributed by atoms with Crippen LogP contribution in [-0.4, -0.2) is 24.1 Å². The zero-order valence-electron chi connectivity index (χ0n) is 38.6. The van der Waals surface area contributed by atoms with E-state index in [9.17, 15) is 10.5 Å². The van der Waals surface area contributed by atoms with Crippen LogP contribution in [0.15, 0.2) is 237 Å². The smallest absolute Gasteiger partial charge is 0.166 e. The molecule has 7 heteroatoms. The third kappa shape index (κ3) is 7.17. The van der Waals surface area contributed by atoms with Crippen LogP contribution >= 0.6 is 0 Å². The van der Waals surface area contributed by atoms with Crippen molar-refractivity contribution in [1.29, 1.82) is 10.5 Å². The number of para-hydroxylation sites is 2. The summed E-state index contributed by atoms with van der Waals surface area (Å²) in [6.07, 6.45) is 0. The molecule has 0 saturated carbocycles. The molecule has 72 heavy (non-hydrogen) atoms. The fraction of sp³-hybridized carbons (Fsp3) is 0. The molecule has 13 rings (SSSR count). The van der Waals surface area contributed by atoms with Crippen molar-refractivity contribution >= 4 is 43.6 Å². The van der Waals surface area contributed by atoms with E-state index in [1.807, 2.05) is 84.9 Å². The van der Waals surface area contributed by atoms with E-state index in [1.165, 1.54) is 0 Å². The summed E-state index contributed by atoms with van der Waals surface area (Å²) in [5, 5.41) is 24.9. The molecular weight excluding hydrogens is 879 g/mol. The minimum atomic E-state index is 0.447. The summed E-state index contributed by atoms with van der Waals surface area (Å²) in [6.45, 7) is 0. The van der Waals surface area contributed by atoms with Gasteiger partial charge in [0.2, 0.25) is 0 Å². The fourth-order valence-corrected chi connectivity index (χ4v) is 10.3. The van der Waals surface area contributed by atoms with E-state index in [0.717, 1.165) is 105 Å². The van der Waals surface area contributed by atoms with Crippen LogP contribution in [-0.2, 0) is 0 Å². The standard InChI is InChI=1S/C65H39N7/c66-40-42-15-14-22-47(35-42)50-30-34-61(71-57-25-12-10-23-51(57)54-37-48(28-32-59(54)71)44-16-4-1-5-17-44)56(39-50)65-69-63(46-20-8-3-9-21-46)68-64(70-65)53-31-27-43(41-67)36-62(53)72-58-26-13-11-24-52(58)55-38-49(29-33-60(55)72)45-18-6-2-7-19-45/h1-39H. The summed E-state index contributed by atoms with van der Waals surface area (Å²) in [4.78, 5) is 16.2. The van der Waals surface area contributed by atoms with Crippen molar-refractivity contribution in [3.05, 3.63) is 248 Å². The van der Waals surface area contributed by atoms with Gasteiger partial charge in [0.15, 0.2) is 17.5 Å². The quantitative estimate of drug-likeness (QED) is 0.151. The molecule has 0 fully saturated rings. The lowest BCUT2D eigenvalue weighted by Crippen LogP contribution is -2.06. The number of aromatic nitrogens is 5. The van der Waals surface area contributed by atoms with Gasteiger partial charge in [0.05, 0.1) is 56.7 Å². The van der Waals surface area contributed by atoms with Crippen LogP contribution in [0.1, 0.15) is 11.1 Å². The molecule has 13 aromatic rings. The lowest BCUT2D eigenvalue weighted by Gasteiger charge is -2.18. The van der Waals surface area contributed by atoms with Crippen molar-refractivity contribution in [3.63, 3.8) is 0 Å². The van der Waals surface area contributed by atoms with Gasteiger partial charge >= 0.3 is 0 Å². The van der Waals surface area contributed by atoms with E-state index in [0.29, 0.717) is 28.6 Å². The Morgan fingerprint density at radius 1 is 0.278 bits per heavy atom. The molecule has 0 amide bonds. The second-order valence-electron chi connectivity index (χ2n) is 17.8. The number of nitriles is 2. The summed E-state index contributed by atoms with van der Waals surface area (Å²) in [7, 11) is 0. The average molecular weight is 918 g/mol. The predicted octanol–water partition coefficient (Wildman–Crippen LogP) is 15.8. The second-order valence-corrected chi connectivity index (χ2v) is 17.8. The molecule has 7 nitrogen and oxygen atoms in total. The summed E-state index contributed by atoms with van der Waals surface area (Å²) >= 11 is 0. The van der Waals surface area contributed by atoms with E-state index >= 15 is 0 Å². The molecule has 0 radical (unpaired) electrons. The van der Waals surface area contributed by atoms with Crippen molar-refractivity contribution < 1.29 is 0 Å². The Labute approximate surface area is 415 Å². The van der Waals surface area contributed by atoms with Gasteiger partial charge in [0, 0.05) is 38.2 Å². The van der Waals surface area contributed by atoms with Gasteiger partial charge in [-0.25, -0.2) is 15.0 Å². The summed E-state index contributed by atoms with van der Waals surface area (Å²) in [5.74, 6) is 1.41. The molecule has 0 N–H and O–H groups in total.